The van der Waals surface area contributed by atoms with Crippen molar-refractivity contribution >= 4 is 11.8 Å². The van der Waals surface area contributed by atoms with Gasteiger partial charge in [-0.2, -0.15) is 0 Å². The lowest BCUT2D eigenvalue weighted by atomic mass is 9.74. The third kappa shape index (κ3) is 7.00. The van der Waals surface area contributed by atoms with Crippen LogP contribution in [0.3, 0.4) is 0 Å². The highest BCUT2D eigenvalue weighted by molar-refractivity contribution is 5.80. The molecule has 3 atom stereocenters. The van der Waals surface area contributed by atoms with Gasteiger partial charge in [0.2, 0.25) is 11.8 Å². The third-order valence-electron chi connectivity index (χ3n) is 8.82. The Kier molecular flexibility index (Phi) is 9.67. The molecule has 2 N–H and O–H groups in total. The van der Waals surface area contributed by atoms with Crippen molar-refractivity contribution < 1.29 is 14.7 Å². The Labute approximate surface area is 238 Å². The zero-order valence-electron chi connectivity index (χ0n) is 23.4. The predicted molar refractivity (Wildman–Crippen MR) is 158 cm³/mol. The number of hydrogen-bond acceptors (Lipinski definition) is 3. The highest BCUT2D eigenvalue weighted by atomic mass is 16.3. The summed E-state index contributed by atoms with van der Waals surface area (Å²) < 4.78 is 0. The van der Waals surface area contributed by atoms with Crippen molar-refractivity contribution in [1.29, 1.82) is 0 Å². The van der Waals surface area contributed by atoms with Gasteiger partial charge in [0, 0.05) is 24.9 Å². The van der Waals surface area contributed by atoms with E-state index in [0.717, 1.165) is 68.1 Å². The van der Waals surface area contributed by atoms with Gasteiger partial charge >= 0.3 is 0 Å². The molecule has 2 amide bonds. The van der Waals surface area contributed by atoms with Crippen LogP contribution in [0.1, 0.15) is 85.6 Å². The summed E-state index contributed by atoms with van der Waals surface area (Å²) in [5.41, 5.74) is 4.37. The lowest BCUT2D eigenvalue weighted by Crippen LogP contribution is -2.39. The maximum absolute atomic E-state index is 13.5. The summed E-state index contributed by atoms with van der Waals surface area (Å²) in [6, 6.07) is 28.1. The SMILES string of the molecule is O=C(NC(CO)c1ccccc1)C1CCCCC1c1ccc(CN(Cc2ccccc2)C(=O)C2CCCC2)cc1. The minimum absolute atomic E-state index is 0.0212. The monoisotopic (exact) mass is 538 g/mol. The molecule has 0 aliphatic heterocycles. The number of rotatable bonds is 10. The fraction of sp³-hybridized carbons (Fsp3) is 0.429. The van der Waals surface area contributed by atoms with Gasteiger partial charge in [0.15, 0.2) is 0 Å². The molecule has 0 aromatic heterocycles. The highest BCUT2D eigenvalue weighted by Crippen LogP contribution is 2.38. The Morgan fingerprint density at radius 2 is 1.32 bits per heavy atom. The Morgan fingerprint density at radius 1 is 0.750 bits per heavy atom. The van der Waals surface area contributed by atoms with Gasteiger partial charge in [0.05, 0.1) is 12.6 Å². The minimum Gasteiger partial charge on any atom is -0.394 e. The molecule has 5 rings (SSSR count). The quantitative estimate of drug-likeness (QED) is 0.308. The predicted octanol–water partition coefficient (Wildman–Crippen LogP) is 6.53. The molecule has 210 valence electrons. The molecule has 2 aliphatic carbocycles. The van der Waals surface area contributed by atoms with E-state index in [1.54, 1.807) is 0 Å². The zero-order chi connectivity index (χ0) is 27.7. The number of carbonyl (C=O) groups is 2. The summed E-state index contributed by atoms with van der Waals surface area (Å²) in [4.78, 5) is 28.9. The minimum atomic E-state index is -0.397. The largest absolute Gasteiger partial charge is 0.394 e. The zero-order valence-corrected chi connectivity index (χ0v) is 23.4. The van der Waals surface area contributed by atoms with Crippen molar-refractivity contribution in [2.75, 3.05) is 6.61 Å². The van der Waals surface area contributed by atoms with E-state index in [9.17, 15) is 14.7 Å². The van der Waals surface area contributed by atoms with Gasteiger partial charge in [0.25, 0.3) is 0 Å². The fourth-order valence-electron chi connectivity index (χ4n) is 6.58. The van der Waals surface area contributed by atoms with E-state index in [4.69, 9.17) is 0 Å². The van der Waals surface area contributed by atoms with Crippen LogP contribution in [-0.2, 0) is 22.7 Å². The van der Waals surface area contributed by atoms with Gasteiger partial charge in [-0.05, 0) is 53.9 Å². The first-order valence-corrected chi connectivity index (χ1v) is 15.0. The van der Waals surface area contributed by atoms with E-state index in [1.165, 1.54) is 5.56 Å². The number of carbonyl (C=O) groups excluding carboxylic acids is 2. The van der Waals surface area contributed by atoms with Gasteiger partial charge in [0.1, 0.15) is 0 Å². The van der Waals surface area contributed by atoms with Crippen molar-refractivity contribution in [3.05, 3.63) is 107 Å². The van der Waals surface area contributed by atoms with Crippen LogP contribution in [0.15, 0.2) is 84.9 Å². The second-order valence-electron chi connectivity index (χ2n) is 11.6. The molecule has 2 saturated carbocycles. The third-order valence-corrected chi connectivity index (χ3v) is 8.82. The molecule has 3 unspecified atom stereocenters. The van der Waals surface area contributed by atoms with Gasteiger partial charge < -0.3 is 15.3 Å². The average Bonchev–Trinajstić information content (AvgIpc) is 3.56. The van der Waals surface area contributed by atoms with Crippen LogP contribution in [-0.4, -0.2) is 28.4 Å². The second-order valence-corrected chi connectivity index (χ2v) is 11.6. The highest BCUT2D eigenvalue weighted by Gasteiger charge is 2.33. The smallest absolute Gasteiger partial charge is 0.226 e. The summed E-state index contributed by atoms with van der Waals surface area (Å²) in [7, 11) is 0. The van der Waals surface area contributed by atoms with E-state index in [1.807, 2.05) is 53.4 Å². The molecule has 0 saturated heterocycles. The molecule has 3 aromatic carbocycles. The van der Waals surface area contributed by atoms with E-state index in [0.29, 0.717) is 13.1 Å². The van der Waals surface area contributed by atoms with Crippen LogP contribution in [0, 0.1) is 11.8 Å². The van der Waals surface area contributed by atoms with Crippen molar-refractivity contribution in [2.24, 2.45) is 11.8 Å². The Hall–Kier alpha value is -3.44. The lowest BCUT2D eigenvalue weighted by molar-refractivity contribution is -0.136. The molecule has 40 heavy (non-hydrogen) atoms. The average molecular weight is 539 g/mol. The first kappa shape index (κ1) is 28.1. The van der Waals surface area contributed by atoms with Crippen LogP contribution < -0.4 is 5.32 Å². The van der Waals surface area contributed by atoms with Gasteiger partial charge in [-0.15, -0.1) is 0 Å². The molecule has 2 fully saturated rings. The van der Waals surface area contributed by atoms with Gasteiger partial charge in [-0.1, -0.05) is 111 Å². The molecule has 5 nitrogen and oxygen atoms in total. The number of aliphatic hydroxyl groups is 1. The number of aliphatic hydroxyl groups excluding tert-OH is 1. The Morgan fingerprint density at radius 3 is 1.98 bits per heavy atom. The standard InChI is InChI=1S/C35H42N2O3/c38-25-33(29-13-5-2-6-14-29)36-34(39)32-18-10-9-17-31(32)28-21-19-27(20-22-28)24-37(23-26-11-3-1-4-12-26)35(40)30-15-7-8-16-30/h1-6,11-14,19-22,30-33,38H,7-10,15-18,23-25H2,(H,36,39). The summed E-state index contributed by atoms with van der Waals surface area (Å²) in [5.74, 6) is 0.469. The Bertz CT molecular complexity index is 1220. The summed E-state index contributed by atoms with van der Waals surface area (Å²) in [5, 5.41) is 13.1. The molecule has 3 aromatic rings. The molecule has 0 heterocycles. The number of nitrogens with zero attached hydrogens (tertiary/aromatic N) is 1. The number of hydrogen-bond donors (Lipinski definition) is 2. The number of amides is 2. The van der Waals surface area contributed by atoms with E-state index >= 15 is 0 Å². The molecule has 0 bridgehead atoms. The summed E-state index contributed by atoms with van der Waals surface area (Å²) in [6.45, 7) is 1.09. The van der Waals surface area contributed by atoms with E-state index < -0.39 is 6.04 Å². The van der Waals surface area contributed by atoms with E-state index in [-0.39, 0.29) is 36.2 Å². The number of benzene rings is 3. The van der Waals surface area contributed by atoms with E-state index in [2.05, 4.69) is 41.7 Å². The first-order chi connectivity index (χ1) is 19.6. The van der Waals surface area contributed by atoms with Crippen LogP contribution in [0.25, 0.3) is 0 Å². The van der Waals surface area contributed by atoms with Crippen molar-refractivity contribution in [1.82, 2.24) is 10.2 Å². The lowest BCUT2D eigenvalue weighted by Gasteiger charge is -2.32. The van der Waals surface area contributed by atoms with Crippen molar-refractivity contribution in [2.45, 2.75) is 76.4 Å². The maximum atomic E-state index is 13.5. The summed E-state index contributed by atoms with van der Waals surface area (Å²) in [6.07, 6.45) is 8.26. The van der Waals surface area contributed by atoms with Crippen molar-refractivity contribution in [3.8, 4) is 0 Å². The van der Waals surface area contributed by atoms with Crippen LogP contribution in [0.5, 0.6) is 0 Å². The molecule has 5 heteroatoms. The topological polar surface area (TPSA) is 69.6 Å². The Balaban J connectivity index is 1.28. The van der Waals surface area contributed by atoms with Crippen LogP contribution in [0.4, 0.5) is 0 Å². The van der Waals surface area contributed by atoms with Crippen molar-refractivity contribution in [3.63, 3.8) is 0 Å². The molecule has 0 spiro atoms. The first-order valence-electron chi connectivity index (χ1n) is 15.0. The number of nitrogens with one attached hydrogen (secondary N) is 1. The maximum Gasteiger partial charge on any atom is 0.226 e. The normalized spacial score (nSPS) is 20.1. The molecule has 2 aliphatic rings. The van der Waals surface area contributed by atoms with Gasteiger partial charge in [-0.25, -0.2) is 0 Å². The summed E-state index contributed by atoms with van der Waals surface area (Å²) >= 11 is 0. The van der Waals surface area contributed by atoms with Crippen LogP contribution >= 0.6 is 0 Å². The fourth-order valence-corrected chi connectivity index (χ4v) is 6.58. The van der Waals surface area contributed by atoms with Crippen LogP contribution in [0.2, 0.25) is 0 Å². The second kappa shape index (κ2) is 13.8. The molecular formula is C35H42N2O3. The molecule has 0 radical (unpaired) electrons. The molecular weight excluding hydrogens is 496 g/mol. The van der Waals surface area contributed by atoms with Gasteiger partial charge in [-0.3, -0.25) is 9.59 Å².